The summed E-state index contributed by atoms with van der Waals surface area (Å²) >= 11 is 0. The van der Waals surface area contributed by atoms with Crippen molar-refractivity contribution in [3.8, 4) is 5.75 Å². The van der Waals surface area contributed by atoms with Gasteiger partial charge in [-0.05, 0) is 47.4 Å². The van der Waals surface area contributed by atoms with E-state index in [-0.39, 0.29) is 11.8 Å². The molecular formula is C29H29N3O3. The fraction of sp³-hybridized carbons (Fsp3) is 0.241. The molecule has 4 aromatic rings. The maximum Gasteiger partial charge on any atom is 0.244 e. The van der Waals surface area contributed by atoms with Gasteiger partial charge in [0.05, 0.1) is 12.6 Å². The van der Waals surface area contributed by atoms with Crippen LogP contribution in [0.15, 0.2) is 85.1 Å². The van der Waals surface area contributed by atoms with Crippen LogP contribution in [-0.2, 0) is 22.6 Å². The van der Waals surface area contributed by atoms with E-state index in [9.17, 15) is 9.59 Å². The highest BCUT2D eigenvalue weighted by Gasteiger charge is 2.34. The van der Waals surface area contributed by atoms with Crippen LogP contribution in [0.3, 0.4) is 0 Å². The Morgan fingerprint density at radius 1 is 1.03 bits per heavy atom. The molecule has 0 saturated carbocycles. The molecule has 178 valence electrons. The van der Waals surface area contributed by atoms with E-state index in [1.54, 1.807) is 13.2 Å². The van der Waals surface area contributed by atoms with Crippen LogP contribution < -0.4 is 15.4 Å². The van der Waals surface area contributed by atoms with Gasteiger partial charge in [0.1, 0.15) is 5.75 Å². The molecule has 1 aliphatic heterocycles. The molecule has 5 rings (SSSR count). The molecular weight excluding hydrogens is 438 g/mol. The summed E-state index contributed by atoms with van der Waals surface area (Å²) in [4.78, 5) is 24.8. The quantitative estimate of drug-likeness (QED) is 0.384. The number of methoxy groups -OCH3 is 1. The minimum absolute atomic E-state index is 0.0185. The number of carbonyl (C=O) groups is 2. The molecule has 3 aromatic carbocycles. The Morgan fingerprint density at radius 2 is 1.83 bits per heavy atom. The van der Waals surface area contributed by atoms with Crippen molar-refractivity contribution in [3.05, 3.63) is 90.6 Å². The molecule has 6 nitrogen and oxygen atoms in total. The van der Waals surface area contributed by atoms with Crippen molar-refractivity contribution in [2.75, 3.05) is 13.7 Å². The molecule has 35 heavy (non-hydrogen) atoms. The van der Waals surface area contributed by atoms with Gasteiger partial charge in [-0.1, -0.05) is 54.6 Å². The maximum absolute atomic E-state index is 12.7. The molecule has 1 unspecified atom stereocenters. The van der Waals surface area contributed by atoms with Gasteiger partial charge in [-0.3, -0.25) is 9.59 Å². The number of nitrogens with one attached hydrogen (secondary N) is 2. The number of fused-ring (bicyclic) bond motifs is 2. The number of amides is 2. The van der Waals surface area contributed by atoms with Gasteiger partial charge in [0, 0.05) is 42.7 Å². The summed E-state index contributed by atoms with van der Waals surface area (Å²) in [5, 5.41) is 9.44. The summed E-state index contributed by atoms with van der Waals surface area (Å²) in [5.74, 6) is 0.678. The molecule has 1 atom stereocenters. The second-order valence-corrected chi connectivity index (χ2v) is 9.05. The van der Waals surface area contributed by atoms with Crippen molar-refractivity contribution in [1.82, 2.24) is 15.2 Å². The number of hydrogen-bond donors (Lipinski definition) is 2. The Bertz CT molecular complexity index is 1420. The fourth-order valence-corrected chi connectivity index (χ4v) is 4.98. The van der Waals surface area contributed by atoms with Gasteiger partial charge in [0.25, 0.3) is 0 Å². The summed E-state index contributed by atoms with van der Waals surface area (Å²) in [6.07, 6.45) is 6.97. The third-order valence-electron chi connectivity index (χ3n) is 6.78. The Balaban J connectivity index is 1.24. The Hall–Kier alpha value is -4.06. The van der Waals surface area contributed by atoms with E-state index in [2.05, 4.69) is 39.5 Å². The average molecular weight is 468 g/mol. The predicted octanol–water partition coefficient (Wildman–Crippen LogP) is 4.37. The van der Waals surface area contributed by atoms with Gasteiger partial charge in [-0.15, -0.1) is 0 Å². The first-order valence-electron chi connectivity index (χ1n) is 11.9. The first-order valence-corrected chi connectivity index (χ1v) is 11.9. The van der Waals surface area contributed by atoms with Gasteiger partial charge in [-0.2, -0.15) is 0 Å². The molecule has 2 N–H and O–H groups in total. The van der Waals surface area contributed by atoms with Crippen LogP contribution in [0, 0.1) is 0 Å². The van der Waals surface area contributed by atoms with Crippen LogP contribution >= 0.6 is 0 Å². The normalized spacial score (nSPS) is 17.1. The Kier molecular flexibility index (Phi) is 6.27. The zero-order valence-corrected chi connectivity index (χ0v) is 19.8. The third kappa shape index (κ3) is 4.78. The minimum atomic E-state index is -0.595. The predicted molar refractivity (Wildman–Crippen MR) is 138 cm³/mol. The molecule has 0 aliphatic carbocycles. The van der Waals surface area contributed by atoms with Crippen molar-refractivity contribution >= 4 is 33.5 Å². The molecule has 1 aromatic heterocycles. The van der Waals surface area contributed by atoms with Crippen molar-refractivity contribution in [1.29, 1.82) is 0 Å². The molecule has 0 radical (unpaired) electrons. The van der Waals surface area contributed by atoms with E-state index in [4.69, 9.17) is 4.74 Å². The second kappa shape index (κ2) is 9.66. The van der Waals surface area contributed by atoms with E-state index >= 15 is 0 Å². The third-order valence-corrected chi connectivity index (χ3v) is 6.78. The van der Waals surface area contributed by atoms with Crippen molar-refractivity contribution < 1.29 is 14.3 Å². The van der Waals surface area contributed by atoms with E-state index in [1.165, 1.54) is 5.39 Å². The van der Waals surface area contributed by atoms with Crippen LogP contribution in [0.5, 0.6) is 5.75 Å². The average Bonchev–Trinajstić information content (AvgIpc) is 3.46. The van der Waals surface area contributed by atoms with Crippen LogP contribution in [0.4, 0.5) is 0 Å². The van der Waals surface area contributed by atoms with E-state index in [0.717, 1.165) is 27.6 Å². The molecule has 6 heteroatoms. The number of rotatable bonds is 9. The van der Waals surface area contributed by atoms with E-state index < -0.39 is 5.54 Å². The Morgan fingerprint density at radius 3 is 2.63 bits per heavy atom. The van der Waals surface area contributed by atoms with Crippen molar-refractivity contribution in [3.63, 3.8) is 0 Å². The smallest absolute Gasteiger partial charge is 0.244 e. The summed E-state index contributed by atoms with van der Waals surface area (Å²) < 4.78 is 7.67. The van der Waals surface area contributed by atoms with E-state index in [1.807, 2.05) is 54.7 Å². The minimum Gasteiger partial charge on any atom is -0.496 e. The lowest BCUT2D eigenvalue weighted by Crippen LogP contribution is -2.45. The van der Waals surface area contributed by atoms with Crippen molar-refractivity contribution in [2.45, 2.75) is 31.3 Å². The summed E-state index contributed by atoms with van der Waals surface area (Å²) in [7, 11) is 1.67. The molecule has 2 heterocycles. The molecule has 0 fully saturated rings. The highest BCUT2D eigenvalue weighted by atomic mass is 16.5. The molecule has 2 amide bonds. The topological polar surface area (TPSA) is 72.4 Å². The Labute approximate surface area is 204 Å². The fourth-order valence-electron chi connectivity index (χ4n) is 4.98. The van der Waals surface area contributed by atoms with Crippen LogP contribution in [0.2, 0.25) is 0 Å². The van der Waals surface area contributed by atoms with Crippen LogP contribution in [0.25, 0.3) is 21.7 Å². The molecule has 0 bridgehead atoms. The highest BCUT2D eigenvalue weighted by Crippen LogP contribution is 2.33. The van der Waals surface area contributed by atoms with Gasteiger partial charge in [-0.25, -0.2) is 0 Å². The molecule has 0 spiro atoms. The maximum atomic E-state index is 12.7. The van der Waals surface area contributed by atoms with E-state index in [0.29, 0.717) is 32.4 Å². The standard InChI is InChI=1S/C29H29N3O3/c1-35-26-11-10-22(23-7-3-4-8-24(23)26)20-29(16-13-28(34)31-29)15-12-27(33)30-17-19-32-18-14-21-6-2-5-9-25(21)32/h2-11,13-14,16,18H,12,15,17,19-20H2,1H3,(H,30,33)(H,31,34). The number of nitrogens with zero attached hydrogens (tertiary/aromatic N) is 1. The number of para-hydroxylation sites is 1. The van der Waals surface area contributed by atoms with Crippen molar-refractivity contribution in [2.24, 2.45) is 0 Å². The molecule has 1 aliphatic rings. The number of aromatic nitrogens is 1. The van der Waals surface area contributed by atoms with Crippen LogP contribution in [0.1, 0.15) is 18.4 Å². The van der Waals surface area contributed by atoms with Gasteiger partial charge in [0.2, 0.25) is 11.8 Å². The lowest BCUT2D eigenvalue weighted by Gasteiger charge is -2.29. The molecule has 0 saturated heterocycles. The second-order valence-electron chi connectivity index (χ2n) is 9.05. The number of ether oxygens (including phenoxy) is 1. The van der Waals surface area contributed by atoms with Gasteiger partial charge >= 0.3 is 0 Å². The largest absolute Gasteiger partial charge is 0.496 e. The first kappa shape index (κ1) is 22.7. The number of carbonyl (C=O) groups excluding carboxylic acids is 2. The zero-order valence-electron chi connectivity index (χ0n) is 19.8. The zero-order chi connectivity index (χ0) is 24.3. The summed E-state index contributed by atoms with van der Waals surface area (Å²) in [6.45, 7) is 1.26. The monoisotopic (exact) mass is 467 g/mol. The SMILES string of the molecule is COc1ccc(CC2(CCC(=O)NCCn3ccc4ccccc43)C=CC(=O)N2)c2ccccc12. The lowest BCUT2D eigenvalue weighted by atomic mass is 9.85. The van der Waals surface area contributed by atoms with Crippen LogP contribution in [-0.4, -0.2) is 35.6 Å². The van der Waals surface area contributed by atoms with Gasteiger partial charge < -0.3 is 19.9 Å². The highest BCUT2D eigenvalue weighted by molar-refractivity contribution is 5.93. The summed E-state index contributed by atoms with van der Waals surface area (Å²) in [6, 6.07) is 22.4. The number of benzene rings is 3. The first-order chi connectivity index (χ1) is 17.1. The number of hydrogen-bond acceptors (Lipinski definition) is 3. The lowest BCUT2D eigenvalue weighted by molar-refractivity contribution is -0.122. The van der Waals surface area contributed by atoms with Gasteiger partial charge in [0.15, 0.2) is 0 Å². The summed E-state index contributed by atoms with van der Waals surface area (Å²) in [5.41, 5.74) is 1.67.